The van der Waals surface area contributed by atoms with Crippen molar-refractivity contribution < 1.29 is 19.2 Å². The van der Waals surface area contributed by atoms with Crippen molar-refractivity contribution >= 4 is 11.7 Å². The molecule has 0 radical (unpaired) electrons. The van der Waals surface area contributed by atoms with E-state index in [1.807, 2.05) is 26.0 Å². The van der Waals surface area contributed by atoms with Crippen LogP contribution in [0.5, 0.6) is 5.75 Å². The monoisotopic (exact) mass is 293 g/mol. The van der Waals surface area contributed by atoms with Gasteiger partial charge in [0.15, 0.2) is 12.3 Å². The van der Waals surface area contributed by atoms with Crippen molar-refractivity contribution in [3.8, 4) is 5.75 Å². The molecular formula is C16H25N2O3+. The highest BCUT2D eigenvalue weighted by molar-refractivity contribution is 5.94. The van der Waals surface area contributed by atoms with Gasteiger partial charge in [0.05, 0.1) is 13.7 Å². The van der Waals surface area contributed by atoms with E-state index >= 15 is 0 Å². The van der Waals surface area contributed by atoms with Crippen LogP contribution in [0.15, 0.2) is 18.2 Å². The van der Waals surface area contributed by atoms with Gasteiger partial charge < -0.3 is 15.0 Å². The molecule has 0 heterocycles. The van der Waals surface area contributed by atoms with Gasteiger partial charge in [-0.2, -0.15) is 0 Å². The second-order valence-corrected chi connectivity index (χ2v) is 4.99. The molecule has 1 unspecified atom stereocenters. The normalized spacial score (nSPS) is 11.8. The molecule has 0 aliphatic rings. The summed E-state index contributed by atoms with van der Waals surface area (Å²) in [6.07, 6.45) is 0. The Morgan fingerprint density at radius 1 is 1.29 bits per heavy atom. The molecule has 1 aromatic carbocycles. The van der Waals surface area contributed by atoms with Crippen LogP contribution in [0.3, 0.4) is 0 Å². The number of hydrogen-bond acceptors (Lipinski definition) is 3. The van der Waals surface area contributed by atoms with Gasteiger partial charge in [-0.05, 0) is 39.0 Å². The first-order chi connectivity index (χ1) is 10.0. The standard InChI is InChI=1S/C16H24N2O3/c1-5-17-16(20)11-18(6-2)10-14-9-13(12(3)19)7-8-15(14)21-4/h7-9H,5-6,10-11H2,1-4H3,(H,17,20)/p+1. The Labute approximate surface area is 126 Å². The quantitative estimate of drug-likeness (QED) is 0.684. The lowest BCUT2D eigenvalue weighted by atomic mass is 10.1. The summed E-state index contributed by atoms with van der Waals surface area (Å²) in [6, 6.07) is 5.43. The number of nitrogens with one attached hydrogen (secondary N) is 2. The summed E-state index contributed by atoms with van der Waals surface area (Å²) in [7, 11) is 1.61. The number of benzene rings is 1. The minimum atomic E-state index is 0.0284. The molecule has 0 fully saturated rings. The van der Waals surface area contributed by atoms with Crippen LogP contribution >= 0.6 is 0 Å². The largest absolute Gasteiger partial charge is 0.496 e. The third-order valence-corrected chi connectivity index (χ3v) is 3.41. The number of quaternary nitrogens is 1. The van der Waals surface area contributed by atoms with E-state index in [0.717, 1.165) is 22.8 Å². The molecule has 1 aromatic rings. The van der Waals surface area contributed by atoms with Crippen molar-refractivity contribution in [3.63, 3.8) is 0 Å². The Morgan fingerprint density at radius 3 is 2.52 bits per heavy atom. The van der Waals surface area contributed by atoms with Gasteiger partial charge in [0.25, 0.3) is 5.91 Å². The minimum Gasteiger partial charge on any atom is -0.496 e. The van der Waals surface area contributed by atoms with Crippen LogP contribution in [0, 0.1) is 0 Å². The lowest BCUT2D eigenvalue weighted by Gasteiger charge is -2.19. The summed E-state index contributed by atoms with van der Waals surface area (Å²) >= 11 is 0. The molecule has 2 N–H and O–H groups in total. The van der Waals surface area contributed by atoms with E-state index in [9.17, 15) is 9.59 Å². The number of carbonyl (C=O) groups excluding carboxylic acids is 2. The Morgan fingerprint density at radius 2 is 2.00 bits per heavy atom. The number of amides is 1. The molecule has 5 nitrogen and oxygen atoms in total. The maximum Gasteiger partial charge on any atom is 0.275 e. The zero-order chi connectivity index (χ0) is 15.8. The van der Waals surface area contributed by atoms with E-state index in [2.05, 4.69) is 5.32 Å². The van der Waals surface area contributed by atoms with Gasteiger partial charge in [-0.1, -0.05) is 0 Å². The number of Topliss-reactive ketones (excluding diaryl/α,β-unsaturated/α-hetero) is 1. The Kier molecular flexibility index (Phi) is 6.88. The van der Waals surface area contributed by atoms with E-state index in [1.165, 1.54) is 0 Å². The fraction of sp³-hybridized carbons (Fsp3) is 0.500. The van der Waals surface area contributed by atoms with Crippen LogP contribution in [-0.2, 0) is 11.3 Å². The van der Waals surface area contributed by atoms with Crippen LogP contribution in [0.4, 0.5) is 0 Å². The molecule has 5 heteroatoms. The zero-order valence-electron chi connectivity index (χ0n) is 13.3. The van der Waals surface area contributed by atoms with Crippen molar-refractivity contribution in [3.05, 3.63) is 29.3 Å². The van der Waals surface area contributed by atoms with Crippen molar-refractivity contribution in [2.45, 2.75) is 27.3 Å². The Hall–Kier alpha value is -1.88. The second kappa shape index (κ2) is 8.42. The lowest BCUT2D eigenvalue weighted by Crippen LogP contribution is -3.11. The molecule has 21 heavy (non-hydrogen) atoms. The predicted octanol–water partition coefficient (Wildman–Crippen LogP) is 0.439. The molecule has 0 saturated carbocycles. The van der Waals surface area contributed by atoms with Crippen molar-refractivity contribution in [2.75, 3.05) is 26.7 Å². The molecule has 0 spiro atoms. The fourth-order valence-electron chi connectivity index (χ4n) is 2.20. The third kappa shape index (κ3) is 5.19. The zero-order valence-corrected chi connectivity index (χ0v) is 13.3. The topological polar surface area (TPSA) is 59.8 Å². The summed E-state index contributed by atoms with van der Waals surface area (Å²) in [5.41, 5.74) is 1.62. The van der Waals surface area contributed by atoms with Gasteiger partial charge in [-0.15, -0.1) is 0 Å². The van der Waals surface area contributed by atoms with Crippen LogP contribution < -0.4 is 15.0 Å². The number of ketones is 1. The number of hydrogen-bond donors (Lipinski definition) is 2. The van der Waals surface area contributed by atoms with Gasteiger partial charge in [-0.3, -0.25) is 9.59 Å². The Balaban J connectivity index is 2.89. The van der Waals surface area contributed by atoms with E-state index < -0.39 is 0 Å². The van der Waals surface area contributed by atoms with Crippen molar-refractivity contribution in [1.29, 1.82) is 0 Å². The minimum absolute atomic E-state index is 0.0284. The summed E-state index contributed by atoms with van der Waals surface area (Å²) in [4.78, 5) is 24.3. The molecule has 0 bridgehead atoms. The van der Waals surface area contributed by atoms with Crippen LogP contribution in [-0.4, -0.2) is 38.4 Å². The van der Waals surface area contributed by atoms with Gasteiger partial charge in [-0.25, -0.2) is 0 Å². The molecule has 1 atom stereocenters. The van der Waals surface area contributed by atoms with Crippen LogP contribution in [0.25, 0.3) is 0 Å². The molecule has 1 amide bonds. The van der Waals surface area contributed by atoms with Gasteiger partial charge in [0.2, 0.25) is 0 Å². The maximum absolute atomic E-state index is 11.7. The van der Waals surface area contributed by atoms with E-state index in [0.29, 0.717) is 25.2 Å². The highest BCUT2D eigenvalue weighted by atomic mass is 16.5. The first kappa shape index (κ1) is 17.2. The Bertz CT molecular complexity index is 500. The number of likely N-dealkylation sites (N-methyl/N-ethyl adjacent to an activating group) is 2. The lowest BCUT2D eigenvalue weighted by molar-refractivity contribution is -0.904. The number of ether oxygens (including phenoxy) is 1. The molecular weight excluding hydrogens is 268 g/mol. The van der Waals surface area contributed by atoms with E-state index in [-0.39, 0.29) is 11.7 Å². The summed E-state index contributed by atoms with van der Waals surface area (Å²) < 4.78 is 5.35. The highest BCUT2D eigenvalue weighted by Gasteiger charge is 2.16. The molecule has 0 aliphatic heterocycles. The summed E-state index contributed by atoms with van der Waals surface area (Å²) in [6.45, 7) is 8.02. The SMILES string of the molecule is CCNC(=O)C[NH+](CC)Cc1cc(C(C)=O)ccc1OC. The van der Waals surface area contributed by atoms with E-state index in [1.54, 1.807) is 20.1 Å². The number of rotatable bonds is 8. The first-order valence-corrected chi connectivity index (χ1v) is 7.29. The molecule has 0 aliphatic carbocycles. The highest BCUT2D eigenvalue weighted by Crippen LogP contribution is 2.19. The maximum atomic E-state index is 11.7. The van der Waals surface area contributed by atoms with Crippen LogP contribution in [0.1, 0.15) is 36.7 Å². The van der Waals surface area contributed by atoms with Crippen LogP contribution in [0.2, 0.25) is 0 Å². The third-order valence-electron chi connectivity index (χ3n) is 3.41. The number of carbonyl (C=O) groups is 2. The van der Waals surface area contributed by atoms with E-state index in [4.69, 9.17) is 4.74 Å². The van der Waals surface area contributed by atoms with Crippen molar-refractivity contribution in [1.82, 2.24) is 5.32 Å². The molecule has 0 aromatic heterocycles. The molecule has 0 saturated heterocycles. The summed E-state index contributed by atoms with van der Waals surface area (Å²) in [5.74, 6) is 0.818. The average Bonchev–Trinajstić information content (AvgIpc) is 2.46. The second-order valence-electron chi connectivity index (χ2n) is 4.99. The van der Waals surface area contributed by atoms with Crippen molar-refractivity contribution in [2.24, 2.45) is 0 Å². The van der Waals surface area contributed by atoms with Gasteiger partial charge in [0, 0.05) is 17.7 Å². The summed E-state index contributed by atoms with van der Waals surface area (Å²) in [5, 5.41) is 2.81. The predicted molar refractivity (Wildman–Crippen MR) is 81.8 cm³/mol. The number of methoxy groups -OCH3 is 1. The van der Waals surface area contributed by atoms with Gasteiger partial charge in [0.1, 0.15) is 12.3 Å². The molecule has 116 valence electrons. The fourth-order valence-corrected chi connectivity index (χ4v) is 2.20. The first-order valence-electron chi connectivity index (χ1n) is 7.29. The smallest absolute Gasteiger partial charge is 0.275 e. The average molecular weight is 293 g/mol. The molecule has 1 rings (SSSR count). The van der Waals surface area contributed by atoms with Gasteiger partial charge >= 0.3 is 0 Å².